The zero-order chi connectivity index (χ0) is 23.4. The van der Waals surface area contributed by atoms with Crippen LogP contribution < -0.4 is 5.32 Å². The highest BCUT2D eigenvalue weighted by Crippen LogP contribution is 2.28. The minimum atomic E-state index is -0.109. The zero-order valence-electron chi connectivity index (χ0n) is 20.7. The van der Waals surface area contributed by atoms with E-state index in [-0.39, 0.29) is 11.9 Å². The number of rotatable bonds is 11. The number of unbranched alkanes of at least 4 members (excludes halogenated alkanes) is 1. The van der Waals surface area contributed by atoms with E-state index in [2.05, 4.69) is 55.3 Å². The molecule has 31 heavy (non-hydrogen) atoms. The minimum absolute atomic E-state index is 0.109. The molecule has 2 rings (SSSR count). The van der Waals surface area contributed by atoms with Crippen LogP contribution in [0.1, 0.15) is 89.6 Å². The molecule has 0 bridgehead atoms. The predicted octanol–water partition coefficient (Wildman–Crippen LogP) is 6.41. The van der Waals surface area contributed by atoms with Gasteiger partial charge in [-0.2, -0.15) is 0 Å². The maximum atomic E-state index is 12.7. The molecular weight excluding hydrogens is 382 g/mol. The third-order valence-electron chi connectivity index (χ3n) is 6.05. The molecule has 0 aliphatic carbocycles. The van der Waals surface area contributed by atoms with Crippen LogP contribution in [0.2, 0.25) is 0 Å². The SMILES string of the molecule is C=Cc1c(C(=C)C(=O)NCCN2CCC(CCCC)CC2)cn(C(C)C)c1C=C.CC. The summed E-state index contributed by atoms with van der Waals surface area (Å²) in [5.74, 6) is 0.782. The number of likely N-dealkylation sites (tertiary alicyclic amines) is 1. The van der Waals surface area contributed by atoms with Crippen LogP contribution in [-0.2, 0) is 4.79 Å². The summed E-state index contributed by atoms with van der Waals surface area (Å²) in [5.41, 5.74) is 3.21. The number of nitrogens with zero attached hydrogens (tertiary/aromatic N) is 2. The second kappa shape index (κ2) is 14.1. The molecule has 174 valence electrons. The van der Waals surface area contributed by atoms with Gasteiger partial charge in [0.1, 0.15) is 0 Å². The number of nitrogens with one attached hydrogen (secondary N) is 1. The highest BCUT2D eigenvalue weighted by Gasteiger charge is 2.21. The number of aromatic nitrogens is 1. The summed E-state index contributed by atoms with van der Waals surface area (Å²) in [6.45, 7) is 26.2. The molecule has 1 aliphatic rings. The lowest BCUT2D eigenvalue weighted by molar-refractivity contribution is -0.115. The van der Waals surface area contributed by atoms with Gasteiger partial charge in [-0.3, -0.25) is 4.79 Å². The van der Waals surface area contributed by atoms with Crippen LogP contribution in [0.15, 0.2) is 25.9 Å². The van der Waals surface area contributed by atoms with E-state index in [9.17, 15) is 4.79 Å². The Balaban J connectivity index is 0.00000233. The Morgan fingerprint density at radius 2 is 1.87 bits per heavy atom. The Morgan fingerprint density at radius 1 is 1.23 bits per heavy atom. The maximum absolute atomic E-state index is 12.7. The lowest BCUT2D eigenvalue weighted by atomic mass is 9.92. The monoisotopic (exact) mass is 427 g/mol. The molecule has 4 nitrogen and oxygen atoms in total. The summed E-state index contributed by atoms with van der Waals surface area (Å²) in [6, 6.07) is 0.270. The quantitative estimate of drug-likeness (QED) is 0.414. The Labute approximate surface area is 191 Å². The third-order valence-corrected chi connectivity index (χ3v) is 6.05. The molecule has 1 aromatic rings. The van der Waals surface area contributed by atoms with Crippen molar-refractivity contribution in [2.75, 3.05) is 26.2 Å². The van der Waals surface area contributed by atoms with Gasteiger partial charge in [0.15, 0.2) is 0 Å². The first kappa shape index (κ1) is 27.0. The molecule has 0 spiro atoms. The van der Waals surface area contributed by atoms with Crippen molar-refractivity contribution >= 4 is 23.6 Å². The summed E-state index contributed by atoms with van der Waals surface area (Å²) in [5, 5.41) is 3.05. The van der Waals surface area contributed by atoms with Gasteiger partial charge in [0.2, 0.25) is 0 Å². The normalized spacial score (nSPS) is 14.6. The number of hydrogen-bond acceptors (Lipinski definition) is 2. The molecule has 0 unspecified atom stereocenters. The number of carbonyl (C=O) groups is 1. The molecule has 1 fully saturated rings. The van der Waals surface area contributed by atoms with E-state index < -0.39 is 0 Å². The maximum Gasteiger partial charge on any atom is 0.251 e. The predicted molar refractivity (Wildman–Crippen MR) is 137 cm³/mol. The molecule has 1 saturated heterocycles. The van der Waals surface area contributed by atoms with Crippen molar-refractivity contribution in [3.63, 3.8) is 0 Å². The van der Waals surface area contributed by atoms with Crippen molar-refractivity contribution in [1.29, 1.82) is 0 Å². The summed E-state index contributed by atoms with van der Waals surface area (Å²) in [7, 11) is 0. The fraction of sp³-hybridized carbons (Fsp3) is 0.593. The van der Waals surface area contributed by atoms with Gasteiger partial charge in [-0.15, -0.1) is 0 Å². The summed E-state index contributed by atoms with van der Waals surface area (Å²) in [6.07, 6.45) is 12.2. The number of carbonyl (C=O) groups excluding carboxylic acids is 1. The number of hydrogen-bond donors (Lipinski definition) is 1. The largest absolute Gasteiger partial charge is 0.351 e. The van der Waals surface area contributed by atoms with Gasteiger partial charge < -0.3 is 14.8 Å². The van der Waals surface area contributed by atoms with Gasteiger partial charge in [-0.1, -0.05) is 65.8 Å². The second-order valence-corrected chi connectivity index (χ2v) is 8.41. The second-order valence-electron chi connectivity index (χ2n) is 8.41. The molecule has 1 amide bonds. The molecule has 4 heteroatoms. The van der Waals surface area contributed by atoms with Crippen LogP contribution in [-0.4, -0.2) is 41.6 Å². The van der Waals surface area contributed by atoms with Crippen molar-refractivity contribution in [2.24, 2.45) is 5.92 Å². The molecule has 0 saturated carbocycles. The lowest BCUT2D eigenvalue weighted by Gasteiger charge is -2.32. The van der Waals surface area contributed by atoms with E-state index in [0.29, 0.717) is 12.1 Å². The topological polar surface area (TPSA) is 37.3 Å². The van der Waals surface area contributed by atoms with Crippen LogP contribution in [0.25, 0.3) is 17.7 Å². The molecule has 1 aromatic heterocycles. The van der Waals surface area contributed by atoms with Crippen molar-refractivity contribution in [3.05, 3.63) is 42.8 Å². The van der Waals surface area contributed by atoms with Crippen LogP contribution >= 0.6 is 0 Å². The first-order valence-electron chi connectivity index (χ1n) is 12.1. The number of amides is 1. The smallest absolute Gasteiger partial charge is 0.251 e. The lowest BCUT2D eigenvalue weighted by Crippen LogP contribution is -2.39. The van der Waals surface area contributed by atoms with E-state index in [0.717, 1.165) is 42.4 Å². The van der Waals surface area contributed by atoms with E-state index in [4.69, 9.17) is 0 Å². The fourth-order valence-corrected chi connectivity index (χ4v) is 4.20. The highest BCUT2D eigenvalue weighted by molar-refractivity contribution is 6.19. The Kier molecular flexibility index (Phi) is 12.2. The average Bonchev–Trinajstić information content (AvgIpc) is 3.18. The molecule has 1 aliphatic heterocycles. The van der Waals surface area contributed by atoms with Crippen LogP contribution in [0, 0.1) is 5.92 Å². The number of piperidine rings is 1. The van der Waals surface area contributed by atoms with E-state index in [1.165, 1.54) is 32.1 Å². The summed E-state index contributed by atoms with van der Waals surface area (Å²) < 4.78 is 2.11. The first-order valence-corrected chi connectivity index (χ1v) is 12.1. The molecular formula is C27H45N3O. The van der Waals surface area contributed by atoms with Gasteiger partial charge in [-0.25, -0.2) is 0 Å². The molecule has 0 atom stereocenters. The van der Waals surface area contributed by atoms with Gasteiger partial charge >= 0.3 is 0 Å². The third kappa shape index (κ3) is 7.53. The van der Waals surface area contributed by atoms with Crippen molar-refractivity contribution < 1.29 is 4.79 Å². The van der Waals surface area contributed by atoms with Gasteiger partial charge in [0, 0.05) is 47.7 Å². The Morgan fingerprint density at radius 3 is 2.39 bits per heavy atom. The van der Waals surface area contributed by atoms with Crippen molar-refractivity contribution in [2.45, 2.75) is 72.8 Å². The average molecular weight is 428 g/mol. The van der Waals surface area contributed by atoms with Crippen molar-refractivity contribution in [1.82, 2.24) is 14.8 Å². The molecule has 0 radical (unpaired) electrons. The zero-order valence-corrected chi connectivity index (χ0v) is 20.7. The van der Waals surface area contributed by atoms with Gasteiger partial charge in [0.25, 0.3) is 5.91 Å². The first-order chi connectivity index (χ1) is 14.9. The van der Waals surface area contributed by atoms with E-state index >= 15 is 0 Å². The van der Waals surface area contributed by atoms with Crippen molar-refractivity contribution in [3.8, 4) is 0 Å². The van der Waals surface area contributed by atoms with Crippen LogP contribution in [0.4, 0.5) is 0 Å². The molecule has 0 aromatic carbocycles. The van der Waals surface area contributed by atoms with Gasteiger partial charge in [0.05, 0.1) is 0 Å². The van der Waals surface area contributed by atoms with Crippen LogP contribution in [0.5, 0.6) is 0 Å². The van der Waals surface area contributed by atoms with E-state index in [1.54, 1.807) is 6.08 Å². The summed E-state index contributed by atoms with van der Waals surface area (Å²) >= 11 is 0. The van der Waals surface area contributed by atoms with Gasteiger partial charge in [-0.05, 0) is 51.8 Å². The fourth-order valence-electron chi connectivity index (χ4n) is 4.20. The molecule has 2 heterocycles. The Bertz CT molecular complexity index is 721. The Hall–Kier alpha value is -2.07. The van der Waals surface area contributed by atoms with E-state index in [1.807, 2.05) is 26.1 Å². The minimum Gasteiger partial charge on any atom is -0.351 e. The summed E-state index contributed by atoms with van der Waals surface area (Å²) in [4.78, 5) is 15.2. The molecule has 1 N–H and O–H groups in total. The highest BCUT2D eigenvalue weighted by atomic mass is 16.1. The standard InChI is InChI=1S/C25H39N3O.C2H6/c1-7-10-11-21-12-15-27(16-13-21)17-14-26-25(29)20(6)23-18-28(19(4)5)24(9-3)22(23)8-2;1-2/h8-9,18-19,21H,2-3,6-7,10-17H2,1,4-5H3,(H,26,29);1-2H3. The van der Waals surface area contributed by atoms with Crippen LogP contribution in [0.3, 0.4) is 0 Å².